The van der Waals surface area contributed by atoms with Crippen LogP contribution in [0.5, 0.6) is 5.88 Å². The Balaban J connectivity index is 2.19. The zero-order valence-corrected chi connectivity index (χ0v) is 12.1. The smallest absolute Gasteiger partial charge is 0.255 e. The van der Waals surface area contributed by atoms with Crippen molar-refractivity contribution in [1.82, 2.24) is 19.7 Å². The van der Waals surface area contributed by atoms with Crippen LogP contribution in [0.1, 0.15) is 18.2 Å². The Morgan fingerprint density at radius 2 is 2.15 bits per heavy atom. The van der Waals surface area contributed by atoms with Crippen molar-refractivity contribution >= 4 is 5.95 Å². The van der Waals surface area contributed by atoms with Crippen molar-refractivity contribution in [2.75, 3.05) is 19.1 Å². The molecule has 0 saturated heterocycles. The summed E-state index contributed by atoms with van der Waals surface area (Å²) in [5.74, 6) is -0.214. The minimum absolute atomic E-state index is 0.0529. The van der Waals surface area contributed by atoms with Gasteiger partial charge in [-0.05, 0) is 13.8 Å². The first-order valence-corrected chi connectivity index (χ1v) is 6.35. The van der Waals surface area contributed by atoms with Gasteiger partial charge in [0.15, 0.2) is 0 Å². The minimum Gasteiger partial charge on any atom is -0.479 e. The molecule has 2 heterocycles. The summed E-state index contributed by atoms with van der Waals surface area (Å²) in [5.41, 5.74) is 2.19. The van der Waals surface area contributed by atoms with E-state index in [0.29, 0.717) is 12.5 Å². The number of hydrogen-bond acceptors (Lipinski definition) is 5. The molecule has 0 aromatic carbocycles. The maximum Gasteiger partial charge on any atom is 0.255 e. The first-order chi connectivity index (χ1) is 9.56. The number of halogens is 1. The monoisotopic (exact) mass is 279 g/mol. The van der Waals surface area contributed by atoms with Crippen LogP contribution in [-0.2, 0) is 13.1 Å². The van der Waals surface area contributed by atoms with Gasteiger partial charge in [-0.15, -0.1) is 0 Å². The molecule has 0 unspecified atom stereocenters. The van der Waals surface area contributed by atoms with Gasteiger partial charge in [0.25, 0.3) is 5.88 Å². The second-order valence-electron chi connectivity index (χ2n) is 4.45. The van der Waals surface area contributed by atoms with Gasteiger partial charge in [0.2, 0.25) is 11.8 Å². The van der Waals surface area contributed by atoms with Crippen LogP contribution in [-0.4, -0.2) is 33.9 Å². The summed E-state index contributed by atoms with van der Waals surface area (Å²) in [4.78, 5) is 9.83. The Morgan fingerprint density at radius 3 is 2.75 bits per heavy atom. The molecule has 20 heavy (non-hydrogen) atoms. The van der Waals surface area contributed by atoms with Gasteiger partial charge in [-0.1, -0.05) is 0 Å². The molecule has 2 aromatic heterocycles. The van der Waals surface area contributed by atoms with Crippen molar-refractivity contribution in [2.24, 2.45) is 0 Å². The first kappa shape index (κ1) is 14.2. The van der Waals surface area contributed by atoms with Crippen LogP contribution in [0.15, 0.2) is 12.4 Å². The van der Waals surface area contributed by atoms with Crippen LogP contribution >= 0.6 is 0 Å². The fraction of sp³-hybridized carbons (Fsp3) is 0.462. The van der Waals surface area contributed by atoms with Gasteiger partial charge in [-0.2, -0.15) is 14.5 Å². The lowest BCUT2D eigenvalue weighted by Crippen LogP contribution is -2.20. The number of ether oxygens (including phenoxy) is 1. The molecule has 0 aliphatic heterocycles. The second-order valence-corrected chi connectivity index (χ2v) is 4.45. The molecular weight excluding hydrogens is 261 g/mol. The Hall–Kier alpha value is -2.18. The van der Waals surface area contributed by atoms with Crippen LogP contribution in [0.25, 0.3) is 0 Å². The number of anilines is 1. The average Bonchev–Trinajstić information content (AvgIpc) is 2.80. The summed E-state index contributed by atoms with van der Waals surface area (Å²) in [5, 5.41) is 4.29. The Morgan fingerprint density at radius 1 is 1.40 bits per heavy atom. The third kappa shape index (κ3) is 2.71. The Bertz CT molecular complexity index is 598. The maximum atomic E-state index is 13.3. The van der Waals surface area contributed by atoms with Crippen molar-refractivity contribution in [3.63, 3.8) is 0 Å². The average molecular weight is 279 g/mol. The molecule has 2 aromatic rings. The highest BCUT2D eigenvalue weighted by Crippen LogP contribution is 2.18. The molecule has 0 radical (unpaired) electrons. The molecule has 0 bridgehead atoms. The molecule has 0 fully saturated rings. The molecule has 0 aliphatic rings. The van der Waals surface area contributed by atoms with E-state index in [0.717, 1.165) is 24.0 Å². The summed E-state index contributed by atoms with van der Waals surface area (Å²) >= 11 is 0. The van der Waals surface area contributed by atoms with Crippen molar-refractivity contribution in [3.05, 3.63) is 29.5 Å². The number of aromatic nitrogens is 4. The normalized spacial score (nSPS) is 10.7. The topological polar surface area (TPSA) is 56.1 Å². The Kier molecular flexibility index (Phi) is 4.16. The fourth-order valence-corrected chi connectivity index (χ4v) is 1.96. The SMILES string of the molecule is CCn1ncc(CN(C)c2ncc(F)c(OC)n2)c1C. The van der Waals surface area contributed by atoms with Gasteiger partial charge in [-0.3, -0.25) is 4.68 Å². The molecule has 0 atom stereocenters. The zero-order chi connectivity index (χ0) is 14.7. The highest BCUT2D eigenvalue weighted by molar-refractivity contribution is 5.33. The standard InChI is InChI=1S/C13H18FN5O/c1-5-19-9(2)10(6-16-19)8-18(3)13-15-7-11(14)12(17-13)20-4/h6-7H,5,8H2,1-4H3. The van der Waals surface area contributed by atoms with Crippen LogP contribution in [0.2, 0.25) is 0 Å². The molecule has 0 amide bonds. The molecular formula is C13H18FN5O. The molecule has 2 rings (SSSR count). The van der Waals surface area contributed by atoms with Gasteiger partial charge < -0.3 is 9.64 Å². The van der Waals surface area contributed by atoms with E-state index in [-0.39, 0.29) is 5.88 Å². The predicted molar refractivity (Wildman–Crippen MR) is 73.3 cm³/mol. The van der Waals surface area contributed by atoms with E-state index in [1.807, 2.05) is 36.7 Å². The number of nitrogens with zero attached hydrogens (tertiary/aromatic N) is 5. The fourth-order valence-electron chi connectivity index (χ4n) is 1.96. The highest BCUT2D eigenvalue weighted by atomic mass is 19.1. The summed E-state index contributed by atoms with van der Waals surface area (Å²) in [6.45, 7) is 5.49. The number of aryl methyl sites for hydroxylation is 1. The maximum absolute atomic E-state index is 13.3. The zero-order valence-electron chi connectivity index (χ0n) is 12.1. The number of rotatable bonds is 5. The predicted octanol–water partition coefficient (Wildman–Crippen LogP) is 1.79. The van der Waals surface area contributed by atoms with E-state index >= 15 is 0 Å². The first-order valence-electron chi connectivity index (χ1n) is 6.35. The quantitative estimate of drug-likeness (QED) is 0.835. The summed E-state index contributed by atoms with van der Waals surface area (Å²) < 4.78 is 20.1. The van der Waals surface area contributed by atoms with Crippen LogP contribution in [0, 0.1) is 12.7 Å². The van der Waals surface area contributed by atoms with Gasteiger partial charge in [0, 0.05) is 31.4 Å². The summed E-state index contributed by atoms with van der Waals surface area (Å²) in [6.07, 6.45) is 2.94. The van der Waals surface area contributed by atoms with Crippen molar-refractivity contribution in [2.45, 2.75) is 26.9 Å². The van der Waals surface area contributed by atoms with E-state index < -0.39 is 5.82 Å². The van der Waals surface area contributed by atoms with Gasteiger partial charge in [0.05, 0.1) is 19.5 Å². The minimum atomic E-state index is -0.570. The number of hydrogen-bond donors (Lipinski definition) is 0. The van der Waals surface area contributed by atoms with Gasteiger partial charge in [-0.25, -0.2) is 4.98 Å². The lowest BCUT2D eigenvalue weighted by molar-refractivity contribution is 0.367. The van der Waals surface area contributed by atoms with E-state index in [2.05, 4.69) is 15.1 Å². The van der Waals surface area contributed by atoms with Crippen molar-refractivity contribution in [1.29, 1.82) is 0 Å². The van der Waals surface area contributed by atoms with Crippen molar-refractivity contribution in [3.8, 4) is 5.88 Å². The highest BCUT2D eigenvalue weighted by Gasteiger charge is 2.13. The number of methoxy groups -OCH3 is 1. The third-order valence-corrected chi connectivity index (χ3v) is 3.15. The van der Waals surface area contributed by atoms with E-state index in [1.54, 1.807) is 0 Å². The lowest BCUT2D eigenvalue weighted by atomic mass is 10.2. The molecule has 6 nitrogen and oxygen atoms in total. The lowest BCUT2D eigenvalue weighted by Gasteiger charge is -2.17. The Labute approximate surface area is 117 Å². The summed E-state index contributed by atoms with van der Waals surface area (Å²) in [7, 11) is 3.22. The molecule has 0 N–H and O–H groups in total. The molecule has 0 spiro atoms. The third-order valence-electron chi connectivity index (χ3n) is 3.15. The van der Waals surface area contributed by atoms with E-state index in [4.69, 9.17) is 4.74 Å². The van der Waals surface area contributed by atoms with Gasteiger partial charge >= 0.3 is 0 Å². The molecule has 108 valence electrons. The molecule has 7 heteroatoms. The van der Waals surface area contributed by atoms with Gasteiger partial charge in [0.1, 0.15) is 0 Å². The largest absolute Gasteiger partial charge is 0.479 e. The second kappa shape index (κ2) is 5.85. The van der Waals surface area contributed by atoms with E-state index in [9.17, 15) is 4.39 Å². The molecule has 0 saturated carbocycles. The van der Waals surface area contributed by atoms with E-state index in [1.165, 1.54) is 7.11 Å². The van der Waals surface area contributed by atoms with Crippen LogP contribution < -0.4 is 9.64 Å². The molecule has 0 aliphatic carbocycles. The van der Waals surface area contributed by atoms with Crippen molar-refractivity contribution < 1.29 is 9.13 Å². The van der Waals surface area contributed by atoms with Crippen LogP contribution in [0.4, 0.5) is 10.3 Å². The van der Waals surface area contributed by atoms with Crippen LogP contribution in [0.3, 0.4) is 0 Å². The summed E-state index contributed by atoms with van der Waals surface area (Å²) in [6, 6.07) is 0.